The smallest absolute Gasteiger partial charge is 0.0228 e. The van der Waals surface area contributed by atoms with Gasteiger partial charge in [-0.15, -0.1) is 0 Å². The quantitative estimate of drug-likeness (QED) is 0.489. The van der Waals surface area contributed by atoms with Gasteiger partial charge in [0, 0.05) is 12.1 Å². The Labute approximate surface area is 81.6 Å². The van der Waals surface area contributed by atoms with E-state index >= 15 is 0 Å². The molecule has 13 heavy (non-hydrogen) atoms. The van der Waals surface area contributed by atoms with Gasteiger partial charge >= 0.3 is 0 Å². The summed E-state index contributed by atoms with van der Waals surface area (Å²) in [5.74, 6) is 0. The Hall–Kier alpha value is -0.160. The van der Waals surface area contributed by atoms with Gasteiger partial charge in [-0.3, -0.25) is 0 Å². The number of likely N-dealkylation sites (N-methyl/N-ethyl adjacent to an activating group) is 1. The van der Waals surface area contributed by atoms with Crippen molar-refractivity contribution in [3.63, 3.8) is 0 Å². The summed E-state index contributed by atoms with van der Waals surface area (Å²) < 4.78 is 0. The Morgan fingerprint density at radius 3 is 2.31 bits per heavy atom. The van der Waals surface area contributed by atoms with Gasteiger partial charge in [-0.05, 0) is 47.1 Å². The molecule has 0 aliphatic carbocycles. The van der Waals surface area contributed by atoms with E-state index in [4.69, 9.17) is 11.5 Å². The van der Waals surface area contributed by atoms with Gasteiger partial charge in [0.05, 0.1) is 0 Å². The zero-order chi connectivity index (χ0) is 10.3. The van der Waals surface area contributed by atoms with E-state index in [2.05, 4.69) is 24.3 Å². The average molecular weight is 188 g/mol. The molecule has 0 bridgehead atoms. The molecule has 5 N–H and O–H groups in total. The molecule has 0 aromatic carbocycles. The van der Waals surface area contributed by atoms with Crippen LogP contribution in [-0.4, -0.2) is 51.2 Å². The Morgan fingerprint density at radius 2 is 1.92 bits per heavy atom. The highest BCUT2D eigenvalue weighted by Gasteiger charge is 2.14. The third-order valence-electron chi connectivity index (χ3n) is 2.27. The minimum absolute atomic E-state index is 0.205. The van der Waals surface area contributed by atoms with Crippen molar-refractivity contribution in [2.45, 2.75) is 24.9 Å². The Bertz CT molecular complexity index is 116. The molecular weight excluding hydrogens is 164 g/mol. The summed E-state index contributed by atoms with van der Waals surface area (Å²) in [6, 6.07) is 0.556. The summed E-state index contributed by atoms with van der Waals surface area (Å²) in [5.41, 5.74) is 11.5. The minimum atomic E-state index is 0.205. The molecule has 0 saturated heterocycles. The van der Waals surface area contributed by atoms with Gasteiger partial charge in [0.25, 0.3) is 0 Å². The summed E-state index contributed by atoms with van der Waals surface area (Å²) in [5, 5.41) is 3.20. The number of rotatable bonds is 7. The maximum Gasteiger partial charge on any atom is 0.0228 e. The molecular formula is C9H24N4. The Balaban J connectivity index is 3.69. The molecule has 0 spiro atoms. The third-order valence-corrected chi connectivity index (χ3v) is 2.27. The van der Waals surface area contributed by atoms with Crippen molar-refractivity contribution in [1.82, 2.24) is 10.2 Å². The second kappa shape index (κ2) is 7.26. The molecule has 4 heteroatoms. The van der Waals surface area contributed by atoms with Crippen LogP contribution in [0.2, 0.25) is 0 Å². The predicted octanol–water partition coefficient (Wildman–Crippen LogP) is -0.798. The van der Waals surface area contributed by atoms with Crippen LogP contribution in [0.5, 0.6) is 0 Å². The SMILES string of the molecule is CNC(CCN)C(N)CCN(C)C. The molecule has 0 amide bonds. The highest BCUT2D eigenvalue weighted by atomic mass is 15.1. The average Bonchev–Trinajstić information content (AvgIpc) is 2.10. The monoisotopic (exact) mass is 188 g/mol. The van der Waals surface area contributed by atoms with Crippen molar-refractivity contribution in [2.24, 2.45) is 11.5 Å². The van der Waals surface area contributed by atoms with Crippen molar-refractivity contribution in [1.29, 1.82) is 0 Å². The highest BCUT2D eigenvalue weighted by molar-refractivity contribution is 4.78. The van der Waals surface area contributed by atoms with Gasteiger partial charge in [0.2, 0.25) is 0 Å². The molecule has 2 unspecified atom stereocenters. The van der Waals surface area contributed by atoms with Crippen LogP contribution in [0.25, 0.3) is 0 Å². The maximum absolute atomic E-state index is 6.02. The first-order chi connectivity index (χ1) is 6.11. The van der Waals surface area contributed by atoms with Gasteiger partial charge in [-0.25, -0.2) is 0 Å². The first-order valence-corrected chi connectivity index (χ1v) is 4.89. The molecule has 0 aromatic rings. The van der Waals surface area contributed by atoms with Crippen LogP contribution in [0.4, 0.5) is 0 Å². The van der Waals surface area contributed by atoms with Crippen molar-refractivity contribution in [3.8, 4) is 0 Å². The lowest BCUT2D eigenvalue weighted by atomic mass is 10.0. The minimum Gasteiger partial charge on any atom is -0.330 e. The number of nitrogens with one attached hydrogen (secondary N) is 1. The van der Waals surface area contributed by atoms with Crippen molar-refractivity contribution >= 4 is 0 Å². The Kier molecular flexibility index (Phi) is 7.17. The standard InChI is InChI=1S/C9H24N4/c1-12-9(4-6-10)8(11)5-7-13(2)3/h8-9,12H,4-7,10-11H2,1-3H3. The first-order valence-electron chi connectivity index (χ1n) is 4.89. The fourth-order valence-corrected chi connectivity index (χ4v) is 1.36. The lowest BCUT2D eigenvalue weighted by molar-refractivity contribution is 0.342. The van der Waals surface area contributed by atoms with E-state index in [9.17, 15) is 0 Å². The molecule has 0 aliphatic rings. The zero-order valence-electron chi connectivity index (χ0n) is 9.09. The van der Waals surface area contributed by atoms with Crippen LogP contribution in [0.3, 0.4) is 0 Å². The number of nitrogens with two attached hydrogens (primary N) is 2. The molecule has 2 atom stereocenters. The fraction of sp³-hybridized carbons (Fsp3) is 1.00. The van der Waals surface area contributed by atoms with Crippen LogP contribution in [0, 0.1) is 0 Å². The molecule has 0 fully saturated rings. The van der Waals surface area contributed by atoms with Gasteiger partial charge in [-0.2, -0.15) is 0 Å². The summed E-state index contributed by atoms with van der Waals surface area (Å²) in [6.45, 7) is 1.73. The number of hydrogen-bond acceptors (Lipinski definition) is 4. The first kappa shape index (κ1) is 12.8. The second-order valence-electron chi connectivity index (χ2n) is 3.73. The van der Waals surface area contributed by atoms with Crippen LogP contribution in [-0.2, 0) is 0 Å². The van der Waals surface area contributed by atoms with E-state index in [1.54, 1.807) is 0 Å². The van der Waals surface area contributed by atoms with Crippen molar-refractivity contribution < 1.29 is 0 Å². The van der Waals surface area contributed by atoms with Gasteiger partial charge in [0.15, 0.2) is 0 Å². The van der Waals surface area contributed by atoms with Crippen LogP contribution in [0.1, 0.15) is 12.8 Å². The molecule has 0 rings (SSSR count). The van der Waals surface area contributed by atoms with Gasteiger partial charge in [-0.1, -0.05) is 0 Å². The van der Waals surface area contributed by atoms with E-state index < -0.39 is 0 Å². The highest BCUT2D eigenvalue weighted by Crippen LogP contribution is 2.00. The topological polar surface area (TPSA) is 67.3 Å². The number of nitrogens with zero attached hydrogens (tertiary/aromatic N) is 1. The van der Waals surface area contributed by atoms with E-state index in [1.165, 1.54) is 0 Å². The van der Waals surface area contributed by atoms with Crippen molar-refractivity contribution in [2.75, 3.05) is 34.2 Å². The van der Waals surface area contributed by atoms with E-state index in [1.807, 2.05) is 7.05 Å². The van der Waals surface area contributed by atoms with Crippen LogP contribution in [0.15, 0.2) is 0 Å². The molecule has 0 saturated carbocycles. The molecule has 0 aromatic heterocycles. The van der Waals surface area contributed by atoms with Crippen LogP contribution < -0.4 is 16.8 Å². The normalized spacial score (nSPS) is 16.2. The molecule has 0 aliphatic heterocycles. The second-order valence-corrected chi connectivity index (χ2v) is 3.73. The van der Waals surface area contributed by atoms with E-state index in [-0.39, 0.29) is 6.04 Å². The molecule has 0 heterocycles. The van der Waals surface area contributed by atoms with Crippen molar-refractivity contribution in [3.05, 3.63) is 0 Å². The molecule has 4 nitrogen and oxygen atoms in total. The fourth-order valence-electron chi connectivity index (χ4n) is 1.36. The molecule has 0 radical (unpaired) electrons. The van der Waals surface area contributed by atoms with E-state index in [0.717, 1.165) is 19.4 Å². The van der Waals surface area contributed by atoms with Gasteiger partial charge < -0.3 is 21.7 Å². The predicted molar refractivity (Wildman–Crippen MR) is 57.7 cm³/mol. The zero-order valence-corrected chi connectivity index (χ0v) is 9.09. The summed E-state index contributed by atoms with van der Waals surface area (Å²) in [7, 11) is 6.06. The Morgan fingerprint density at radius 1 is 1.31 bits per heavy atom. The molecule has 80 valence electrons. The maximum atomic E-state index is 6.02. The lowest BCUT2D eigenvalue weighted by Gasteiger charge is -2.24. The number of hydrogen-bond donors (Lipinski definition) is 3. The largest absolute Gasteiger partial charge is 0.330 e. The lowest BCUT2D eigenvalue weighted by Crippen LogP contribution is -2.45. The summed E-state index contributed by atoms with van der Waals surface area (Å²) >= 11 is 0. The third kappa shape index (κ3) is 5.99. The van der Waals surface area contributed by atoms with E-state index in [0.29, 0.717) is 12.6 Å². The van der Waals surface area contributed by atoms with Crippen LogP contribution >= 0.6 is 0 Å². The van der Waals surface area contributed by atoms with Gasteiger partial charge in [0.1, 0.15) is 0 Å². The summed E-state index contributed by atoms with van der Waals surface area (Å²) in [6.07, 6.45) is 1.96. The summed E-state index contributed by atoms with van der Waals surface area (Å²) in [4.78, 5) is 2.15.